The number of hydrogen-bond acceptors (Lipinski definition) is 5. The fraction of sp³-hybridized carbons (Fsp3) is 0.153. The van der Waals surface area contributed by atoms with Crippen molar-refractivity contribution in [3.63, 3.8) is 0 Å². The third kappa shape index (κ3) is 12.1. The molecule has 638 valence electrons. The van der Waals surface area contributed by atoms with E-state index in [2.05, 4.69) is 379 Å². The van der Waals surface area contributed by atoms with Gasteiger partial charge in [0.05, 0.1) is 44.9 Å². The Hall–Kier alpha value is -16.0. The van der Waals surface area contributed by atoms with Gasteiger partial charge in [-0.2, -0.15) is 22.8 Å². The zero-order valence-electron chi connectivity index (χ0n) is 75.8. The number of imidazole rings is 5. The molecule has 10 aromatic carbocycles. The summed E-state index contributed by atoms with van der Waals surface area (Å²) in [5.74, 6) is 6.38. The molecular formula is C118H96N15+5. The maximum atomic E-state index is 4.79. The van der Waals surface area contributed by atoms with Crippen molar-refractivity contribution < 1.29 is 22.8 Å². The van der Waals surface area contributed by atoms with Crippen molar-refractivity contribution >= 4 is 0 Å². The molecule has 0 bridgehead atoms. The van der Waals surface area contributed by atoms with E-state index in [0.29, 0.717) is 0 Å². The Morgan fingerprint density at radius 1 is 0.226 bits per heavy atom. The van der Waals surface area contributed by atoms with Gasteiger partial charge in [-0.05, 0) is 187 Å². The van der Waals surface area contributed by atoms with Crippen molar-refractivity contribution in [3.05, 3.63) is 446 Å². The van der Waals surface area contributed by atoms with E-state index in [0.717, 1.165) is 81.9 Å². The van der Waals surface area contributed by atoms with Crippen LogP contribution in [0.4, 0.5) is 0 Å². The molecule has 30 rings (SSSR count). The molecule has 0 fully saturated rings. The van der Waals surface area contributed by atoms with Crippen LogP contribution < -0.4 is 22.8 Å². The molecule has 0 amide bonds. The predicted octanol–water partition coefficient (Wildman–Crippen LogP) is 21.3. The lowest BCUT2D eigenvalue weighted by Crippen LogP contribution is -2.30. The number of aromatic nitrogens is 15. The van der Waals surface area contributed by atoms with Gasteiger partial charge in [0, 0.05) is 159 Å². The number of pyridine rings is 5. The van der Waals surface area contributed by atoms with Crippen LogP contribution in [0.15, 0.2) is 318 Å². The summed E-state index contributed by atoms with van der Waals surface area (Å²) in [7, 11) is 0. The largest absolute Gasteiger partial charge is 0.294 e. The van der Waals surface area contributed by atoms with Crippen LogP contribution in [0, 0.1) is 55.4 Å². The van der Waals surface area contributed by atoms with Crippen LogP contribution in [-0.4, -0.2) is 47.8 Å². The Labute approximate surface area is 772 Å². The zero-order valence-corrected chi connectivity index (χ0v) is 75.8. The second-order valence-electron chi connectivity index (χ2n) is 37.5. The monoisotopic (exact) mass is 1720 g/mol. The number of rotatable bonds is 5. The molecular weight excluding hydrogens is 1630 g/mol. The standard InChI is InChI=1S/3C24H20N3.2C23H18N3/c1-15-12-16(2)23(20-13-17-7-5-9-25-22(17)21(15)20)27-11-10-26-14-18-6-3-4-8-19(18)24(26)27;1-15-11-16(2)23(20-12-17-7-8-25-13-21(17)22(15)20)27-10-9-26-14-18-5-3-4-6-19(18)24(26)27;1-15-11-16(2)23(21-12-18-13-25-8-7-19(18)22(15)21)27-10-9-26-14-17-5-3-4-6-20(17)24(26)27;1-15-22(20-12-16-6-2-4-8-18(16)21(20)13-24-15)26-11-10-25-14-17-7-3-5-9-19(17)23(25)26;1-15-13-24-21-18-8-4-2-6-16(18)12-20(21)22(15)26-11-10-25-14-17-7-3-5-9-19(17)23(25)26/h3-12H,13-14H2,1-2H3;2*3-11,13H,12,14H2,1-2H3;2*2-11,13H,12,14H2,1H3/q5*+1. The molecule has 10 aromatic heterocycles. The van der Waals surface area contributed by atoms with E-state index in [1.165, 1.54) is 252 Å². The molecule has 15 nitrogen and oxygen atoms in total. The smallest absolute Gasteiger partial charge is 0.264 e. The first-order valence-corrected chi connectivity index (χ1v) is 46.6. The van der Waals surface area contributed by atoms with Gasteiger partial charge < -0.3 is 0 Å². The van der Waals surface area contributed by atoms with Crippen LogP contribution in [0.5, 0.6) is 0 Å². The average Bonchev–Trinajstić information content (AvgIpc) is 1.66. The lowest BCUT2D eigenvalue weighted by molar-refractivity contribution is -0.671. The Balaban J connectivity index is 0.0000000869. The van der Waals surface area contributed by atoms with Crippen LogP contribution in [0.25, 0.3) is 141 Å². The molecule has 10 aliphatic rings. The molecule has 0 radical (unpaired) electrons. The van der Waals surface area contributed by atoms with Crippen molar-refractivity contribution in [2.75, 3.05) is 0 Å². The van der Waals surface area contributed by atoms with Gasteiger partial charge in [0.2, 0.25) is 0 Å². The molecule has 0 unspecified atom stereocenters. The Bertz CT molecular complexity index is 7740. The van der Waals surface area contributed by atoms with E-state index < -0.39 is 0 Å². The zero-order chi connectivity index (χ0) is 88.9. The second kappa shape index (κ2) is 30.3. The highest BCUT2D eigenvalue weighted by Gasteiger charge is 2.42. The topological polar surface area (TPSA) is 108 Å². The van der Waals surface area contributed by atoms with Crippen molar-refractivity contribution in [2.24, 2.45) is 0 Å². The number of nitrogens with zero attached hydrogens (tertiary/aromatic N) is 15. The molecule has 5 aliphatic carbocycles. The number of aryl methyl sites for hydroxylation is 8. The molecule has 0 spiro atoms. The van der Waals surface area contributed by atoms with Crippen molar-refractivity contribution in [3.8, 4) is 141 Å². The summed E-state index contributed by atoms with van der Waals surface area (Å²) >= 11 is 0. The lowest BCUT2D eigenvalue weighted by Gasteiger charge is -2.13. The quantitative estimate of drug-likeness (QED) is 0.160. The minimum Gasteiger partial charge on any atom is -0.264 e. The van der Waals surface area contributed by atoms with E-state index in [9.17, 15) is 0 Å². The number of hydrogen-bond donors (Lipinski definition) is 0. The van der Waals surface area contributed by atoms with Crippen LogP contribution in [0.3, 0.4) is 0 Å². The third-order valence-corrected chi connectivity index (χ3v) is 29.6. The van der Waals surface area contributed by atoms with Crippen LogP contribution in [0.1, 0.15) is 128 Å². The fourth-order valence-corrected chi connectivity index (χ4v) is 24.2. The van der Waals surface area contributed by atoms with Gasteiger partial charge in [-0.3, -0.25) is 24.9 Å². The molecule has 5 aliphatic heterocycles. The van der Waals surface area contributed by atoms with Gasteiger partial charge in [0.1, 0.15) is 117 Å². The summed E-state index contributed by atoms with van der Waals surface area (Å²) in [6.07, 6.45) is 40.8. The molecule has 0 atom stereocenters. The third-order valence-electron chi connectivity index (χ3n) is 29.6. The SMILES string of the molecule is Cc1cc(C)c(-n2cc[n+]3c2-c2ccccc2C3)c2c1-c1ccncc1C2.Cc1cc(C)c(-n2cc[n+]3c2-c2ccccc2C3)c2c1-c1cnccc1C2.Cc1cc(C)c(-n2cc[n+]3c2-c2ccccc2C3)c2c1-c1ncccc1C2.Cc1cnc2c(c1-n1cc[n+]3c1-c1ccccc1C3)Cc1ccccc1-2.Cc1ncc2c(c1-n1cc[n+]3c1-c1ccccc1C3)Cc1ccccc1-2. The van der Waals surface area contributed by atoms with Crippen molar-refractivity contribution in [2.45, 2.75) is 120 Å². The summed E-state index contributed by atoms with van der Waals surface area (Å²) in [6, 6.07) is 76.6. The number of benzene rings is 10. The molecule has 20 aromatic rings. The molecule has 0 saturated heterocycles. The van der Waals surface area contributed by atoms with E-state index in [-0.39, 0.29) is 0 Å². The molecule has 0 saturated carbocycles. The first-order valence-electron chi connectivity index (χ1n) is 46.6. The highest BCUT2D eigenvalue weighted by Crippen LogP contribution is 2.50. The minimum absolute atomic E-state index is 0.945. The van der Waals surface area contributed by atoms with Gasteiger partial charge in [-0.1, -0.05) is 164 Å². The normalized spacial score (nSPS) is 13.3. The highest BCUT2D eigenvalue weighted by atomic mass is 15.2. The lowest BCUT2D eigenvalue weighted by atomic mass is 9.96. The Morgan fingerprint density at radius 2 is 0.579 bits per heavy atom. The maximum Gasteiger partial charge on any atom is 0.294 e. The van der Waals surface area contributed by atoms with E-state index in [1.807, 2.05) is 49.4 Å². The van der Waals surface area contributed by atoms with Crippen LogP contribution >= 0.6 is 0 Å². The van der Waals surface area contributed by atoms with E-state index in [1.54, 1.807) is 0 Å². The van der Waals surface area contributed by atoms with Crippen LogP contribution in [0.2, 0.25) is 0 Å². The van der Waals surface area contributed by atoms with E-state index in [4.69, 9.17) is 15.0 Å². The molecule has 15 heterocycles. The Kier molecular flexibility index (Phi) is 17.8. The highest BCUT2D eigenvalue weighted by molar-refractivity contribution is 5.88. The summed E-state index contributed by atoms with van der Waals surface area (Å²) in [5, 5.41) is 0. The summed E-state index contributed by atoms with van der Waals surface area (Å²) in [6.45, 7) is 22.4. The minimum atomic E-state index is 0.945. The summed E-state index contributed by atoms with van der Waals surface area (Å²) < 4.78 is 23.7. The van der Waals surface area contributed by atoms with Crippen molar-refractivity contribution in [1.29, 1.82) is 0 Å². The second-order valence-corrected chi connectivity index (χ2v) is 37.5. The first kappa shape index (κ1) is 78.1. The molecule has 0 N–H and O–H groups in total. The van der Waals surface area contributed by atoms with Gasteiger partial charge in [-0.25, -0.2) is 22.8 Å². The maximum absolute atomic E-state index is 4.79. The Morgan fingerprint density at radius 3 is 1.07 bits per heavy atom. The van der Waals surface area contributed by atoms with Gasteiger partial charge >= 0.3 is 0 Å². The number of fused-ring (bicyclic) bond motifs is 30. The average molecular weight is 1720 g/mol. The van der Waals surface area contributed by atoms with Crippen molar-refractivity contribution in [1.82, 2.24) is 47.8 Å². The van der Waals surface area contributed by atoms with E-state index >= 15 is 0 Å². The fourth-order valence-electron chi connectivity index (χ4n) is 24.2. The van der Waals surface area contributed by atoms with Crippen LogP contribution in [-0.2, 0) is 64.8 Å². The summed E-state index contributed by atoms with van der Waals surface area (Å²) in [4.78, 5) is 23.0. The van der Waals surface area contributed by atoms with Gasteiger partial charge in [0.15, 0.2) is 5.69 Å². The van der Waals surface area contributed by atoms with Gasteiger partial charge in [-0.15, -0.1) is 0 Å². The molecule has 133 heavy (non-hydrogen) atoms. The predicted molar refractivity (Wildman–Crippen MR) is 521 cm³/mol. The first-order chi connectivity index (χ1) is 65.3. The molecule has 15 heteroatoms. The van der Waals surface area contributed by atoms with Gasteiger partial charge in [0.25, 0.3) is 29.1 Å². The summed E-state index contributed by atoms with van der Waals surface area (Å²) in [5.41, 5.74) is 57.2.